The van der Waals surface area contributed by atoms with Gasteiger partial charge < -0.3 is 24.3 Å². The lowest BCUT2D eigenvalue weighted by Gasteiger charge is -2.46. The smallest absolute Gasteiger partial charge is 0.302 e. The molecule has 2 fully saturated rings. The van der Waals surface area contributed by atoms with Gasteiger partial charge in [-0.2, -0.15) is 5.10 Å². The van der Waals surface area contributed by atoms with Gasteiger partial charge in [0.05, 0.1) is 36.8 Å². The first-order valence-corrected chi connectivity index (χ1v) is 17.9. The van der Waals surface area contributed by atoms with Gasteiger partial charge >= 0.3 is 5.97 Å². The third kappa shape index (κ3) is 6.11. The molecule has 14 nitrogen and oxygen atoms in total. The Morgan fingerprint density at radius 3 is 2.63 bits per heavy atom. The normalized spacial score (nSPS) is 19.2. The first-order chi connectivity index (χ1) is 25.2. The Bertz CT molecular complexity index is 2090. The molecule has 7 heterocycles. The molecule has 0 unspecified atom stereocenters. The maximum Gasteiger partial charge on any atom is 0.302 e. The number of aromatic nitrogens is 5. The Morgan fingerprint density at radius 1 is 1.08 bits per heavy atom. The van der Waals surface area contributed by atoms with Crippen molar-refractivity contribution in [3.63, 3.8) is 0 Å². The zero-order valence-corrected chi connectivity index (χ0v) is 29.6. The summed E-state index contributed by atoms with van der Waals surface area (Å²) in [6.07, 6.45) is 6.55. The number of amides is 1. The fourth-order valence-electron chi connectivity index (χ4n) is 7.91. The number of piperazine rings is 1. The predicted octanol–water partition coefficient (Wildman–Crippen LogP) is 3.43. The van der Waals surface area contributed by atoms with Crippen molar-refractivity contribution in [2.75, 3.05) is 54.5 Å². The number of hydrogen-bond acceptors (Lipinski definition) is 11. The number of aryl methyl sites for hydroxylation is 1. The van der Waals surface area contributed by atoms with E-state index in [0.717, 1.165) is 63.5 Å². The van der Waals surface area contributed by atoms with E-state index in [1.54, 1.807) is 19.2 Å². The van der Waals surface area contributed by atoms with Crippen LogP contribution in [0.15, 0.2) is 41.5 Å². The molecule has 0 bridgehead atoms. The largest absolute Gasteiger partial charge is 0.461 e. The summed E-state index contributed by atoms with van der Waals surface area (Å²) in [4.78, 5) is 54.8. The molecule has 0 saturated carbocycles. The van der Waals surface area contributed by atoms with Gasteiger partial charge in [0.1, 0.15) is 29.6 Å². The van der Waals surface area contributed by atoms with Crippen molar-refractivity contribution in [3.05, 3.63) is 75.3 Å². The standard InChI is InChI=1S/C37H42FN9O5/c1-22-18-44(25-19-51-20-25)12-13-45(22)24-8-9-32(40-17-24)41-30-16-29(42-43(3)36(30)49)26-10-11-39-35(28(26)21-52-23(2)48)47-15-14-46-31-7-5-4-6-27(31)33(38)34(46)37(47)50/h8-11,16-17,22,25H,4-7,12-15,18-21H2,1-3H3,(H,40,41)/t22-/m0/s1. The van der Waals surface area contributed by atoms with E-state index in [0.29, 0.717) is 53.3 Å². The second kappa shape index (κ2) is 13.8. The highest BCUT2D eigenvalue weighted by Gasteiger charge is 2.37. The van der Waals surface area contributed by atoms with Crippen LogP contribution in [-0.2, 0) is 47.3 Å². The molecule has 1 aliphatic carbocycles. The van der Waals surface area contributed by atoms with E-state index in [4.69, 9.17) is 9.47 Å². The van der Waals surface area contributed by atoms with Crippen LogP contribution in [0, 0.1) is 5.82 Å². The quantitative estimate of drug-likeness (QED) is 0.269. The average molecular weight is 712 g/mol. The fourth-order valence-corrected chi connectivity index (χ4v) is 7.91. The number of hydrogen-bond donors (Lipinski definition) is 1. The molecule has 0 aromatic carbocycles. The van der Waals surface area contributed by atoms with Crippen LogP contribution >= 0.6 is 0 Å². The number of rotatable bonds is 8. The minimum absolute atomic E-state index is 0.0366. The summed E-state index contributed by atoms with van der Waals surface area (Å²) in [5.74, 6) is -0.754. The lowest BCUT2D eigenvalue weighted by molar-refractivity contribution is -0.142. The molecular formula is C37H42FN9O5. The van der Waals surface area contributed by atoms with Crippen molar-refractivity contribution in [2.45, 2.75) is 64.8 Å². The van der Waals surface area contributed by atoms with Gasteiger partial charge in [-0.3, -0.25) is 24.2 Å². The number of pyridine rings is 2. The molecule has 0 radical (unpaired) electrons. The predicted molar refractivity (Wildman–Crippen MR) is 191 cm³/mol. The number of anilines is 4. The van der Waals surface area contributed by atoms with Crippen molar-refractivity contribution in [1.29, 1.82) is 0 Å². The van der Waals surface area contributed by atoms with Crippen molar-refractivity contribution >= 4 is 34.9 Å². The number of nitrogens with zero attached hydrogens (tertiary/aromatic N) is 8. The minimum Gasteiger partial charge on any atom is -0.461 e. The van der Waals surface area contributed by atoms with Gasteiger partial charge in [-0.15, -0.1) is 0 Å². The molecule has 1 amide bonds. The van der Waals surface area contributed by atoms with Crippen LogP contribution in [0.2, 0.25) is 0 Å². The number of esters is 1. The molecule has 4 aliphatic rings. The number of nitrogens with one attached hydrogen (secondary N) is 1. The highest BCUT2D eigenvalue weighted by Crippen LogP contribution is 2.36. The third-order valence-corrected chi connectivity index (χ3v) is 10.7. The molecular weight excluding hydrogens is 669 g/mol. The van der Waals surface area contributed by atoms with E-state index in [9.17, 15) is 14.4 Å². The van der Waals surface area contributed by atoms with E-state index in [-0.39, 0.29) is 35.9 Å². The number of carbonyl (C=O) groups excluding carboxylic acids is 2. The topological polar surface area (TPSA) is 140 Å². The summed E-state index contributed by atoms with van der Waals surface area (Å²) in [6, 6.07) is 7.97. The molecule has 3 aliphatic heterocycles. The van der Waals surface area contributed by atoms with Gasteiger partial charge in [-0.05, 0) is 56.9 Å². The number of fused-ring (bicyclic) bond motifs is 3. The summed E-state index contributed by atoms with van der Waals surface area (Å²) < 4.78 is 29.6. The molecule has 2 saturated heterocycles. The number of carbonyl (C=O) groups is 2. The molecule has 15 heteroatoms. The number of halogens is 1. The summed E-state index contributed by atoms with van der Waals surface area (Å²) in [7, 11) is 1.55. The monoisotopic (exact) mass is 711 g/mol. The summed E-state index contributed by atoms with van der Waals surface area (Å²) in [5.41, 5.74) is 3.72. The van der Waals surface area contributed by atoms with E-state index >= 15 is 4.39 Å². The molecule has 0 spiro atoms. The van der Waals surface area contributed by atoms with Gasteiger partial charge in [-0.25, -0.2) is 19.0 Å². The molecule has 8 rings (SSSR count). The lowest BCUT2D eigenvalue weighted by atomic mass is 9.97. The molecule has 272 valence electrons. The van der Waals surface area contributed by atoms with E-state index < -0.39 is 17.7 Å². The summed E-state index contributed by atoms with van der Waals surface area (Å²) >= 11 is 0. The van der Waals surface area contributed by atoms with Crippen LogP contribution in [0.1, 0.15) is 54.0 Å². The minimum atomic E-state index is -0.521. The molecule has 4 aromatic rings. The van der Waals surface area contributed by atoms with E-state index in [2.05, 4.69) is 37.1 Å². The molecule has 1 atom stereocenters. The third-order valence-electron chi connectivity index (χ3n) is 10.7. The maximum absolute atomic E-state index is 15.7. The van der Waals surface area contributed by atoms with Crippen molar-refractivity contribution < 1.29 is 23.5 Å². The van der Waals surface area contributed by atoms with Crippen LogP contribution in [0.4, 0.5) is 27.4 Å². The Balaban J connectivity index is 1.08. The van der Waals surface area contributed by atoms with E-state index in [1.165, 1.54) is 22.7 Å². The van der Waals surface area contributed by atoms with Crippen LogP contribution in [0.3, 0.4) is 0 Å². The number of ether oxygens (including phenoxy) is 2. The SMILES string of the molecule is CC(=O)OCc1c(-c2cc(Nc3ccc(N4CCN(C5COC5)C[C@@H]4C)cn3)c(=O)n(C)n2)ccnc1N1CCn2c3c(c(F)c2C1=O)CCCC3. The van der Waals surface area contributed by atoms with Crippen molar-refractivity contribution in [3.8, 4) is 11.3 Å². The Hall–Kier alpha value is -5.15. The van der Waals surface area contributed by atoms with Crippen molar-refractivity contribution in [1.82, 2.24) is 29.2 Å². The average Bonchev–Trinajstić information content (AvgIpc) is 3.41. The van der Waals surface area contributed by atoms with E-state index in [1.807, 2.05) is 22.9 Å². The van der Waals surface area contributed by atoms with Gasteiger partial charge in [0, 0.05) is 81.3 Å². The summed E-state index contributed by atoms with van der Waals surface area (Å²) in [5, 5.41) is 7.70. The second-order valence-electron chi connectivity index (χ2n) is 14.0. The second-order valence-corrected chi connectivity index (χ2v) is 14.0. The first kappa shape index (κ1) is 34.0. The van der Waals surface area contributed by atoms with Crippen molar-refractivity contribution in [2.24, 2.45) is 7.05 Å². The summed E-state index contributed by atoms with van der Waals surface area (Å²) in [6.45, 7) is 8.37. The molecule has 1 N–H and O–H groups in total. The zero-order valence-electron chi connectivity index (χ0n) is 29.6. The van der Waals surface area contributed by atoms with Crippen LogP contribution in [0.25, 0.3) is 11.3 Å². The molecule has 4 aromatic heterocycles. The lowest BCUT2D eigenvalue weighted by Crippen LogP contribution is -2.59. The first-order valence-electron chi connectivity index (χ1n) is 17.9. The highest BCUT2D eigenvalue weighted by atomic mass is 19.1. The van der Waals surface area contributed by atoms with Gasteiger partial charge in [0.25, 0.3) is 11.5 Å². The van der Waals surface area contributed by atoms with Crippen LogP contribution in [0.5, 0.6) is 0 Å². The highest BCUT2D eigenvalue weighted by molar-refractivity contribution is 6.06. The molecule has 52 heavy (non-hydrogen) atoms. The Kier molecular flexibility index (Phi) is 8.99. The van der Waals surface area contributed by atoms with Crippen LogP contribution < -0.4 is 20.7 Å². The fraction of sp³-hybridized carbons (Fsp3) is 0.459. The van der Waals surface area contributed by atoms with Gasteiger partial charge in [0.15, 0.2) is 5.82 Å². The zero-order chi connectivity index (χ0) is 36.1. The Labute approximate surface area is 300 Å². The van der Waals surface area contributed by atoms with Crippen LogP contribution in [-0.4, -0.2) is 92.6 Å². The van der Waals surface area contributed by atoms with Gasteiger partial charge in [0.2, 0.25) is 0 Å². The van der Waals surface area contributed by atoms with Gasteiger partial charge in [-0.1, -0.05) is 0 Å². The Morgan fingerprint density at radius 2 is 1.90 bits per heavy atom. The maximum atomic E-state index is 15.7.